The third-order valence-corrected chi connectivity index (χ3v) is 5.57. The Hall–Kier alpha value is -0.620. The van der Waals surface area contributed by atoms with Crippen molar-refractivity contribution in [1.82, 2.24) is 10.0 Å². The lowest BCUT2D eigenvalue weighted by Gasteiger charge is -2.11. The molecule has 0 aromatic heterocycles. The minimum atomic E-state index is -3.51. The molecule has 0 amide bonds. The summed E-state index contributed by atoms with van der Waals surface area (Å²) in [6.45, 7) is 4.26. The molecule has 1 aromatic rings. The first-order valence-corrected chi connectivity index (χ1v) is 8.32. The molecule has 1 atom stereocenters. The van der Waals surface area contributed by atoms with E-state index in [4.69, 9.17) is 11.6 Å². The Balaban J connectivity index is 1.99. The molecular formula is C13H19ClN2O2S. The van der Waals surface area contributed by atoms with E-state index < -0.39 is 10.0 Å². The predicted octanol–water partition coefficient (Wildman–Crippen LogP) is 1.93. The van der Waals surface area contributed by atoms with Gasteiger partial charge in [0.2, 0.25) is 10.0 Å². The second-order valence-electron chi connectivity index (χ2n) is 4.93. The fraction of sp³-hybridized carbons (Fsp3) is 0.538. The van der Waals surface area contributed by atoms with Crippen molar-refractivity contribution in [3.63, 3.8) is 0 Å². The van der Waals surface area contributed by atoms with E-state index in [1.54, 1.807) is 19.1 Å². The lowest BCUT2D eigenvalue weighted by molar-refractivity contribution is 0.519. The van der Waals surface area contributed by atoms with Crippen LogP contribution in [0, 0.1) is 12.8 Å². The summed E-state index contributed by atoms with van der Waals surface area (Å²) in [6.07, 6.45) is 1.97. The van der Waals surface area contributed by atoms with Gasteiger partial charge < -0.3 is 5.32 Å². The molecule has 6 heteroatoms. The molecule has 0 spiro atoms. The fourth-order valence-electron chi connectivity index (χ4n) is 2.26. The van der Waals surface area contributed by atoms with Crippen LogP contribution in [0.4, 0.5) is 0 Å². The van der Waals surface area contributed by atoms with Crippen molar-refractivity contribution in [3.8, 4) is 0 Å². The van der Waals surface area contributed by atoms with Gasteiger partial charge in [-0.05, 0) is 50.4 Å². The minimum Gasteiger partial charge on any atom is -0.316 e. The van der Waals surface area contributed by atoms with E-state index in [0.29, 0.717) is 17.5 Å². The first-order chi connectivity index (χ1) is 9.00. The molecule has 2 N–H and O–H groups in total. The highest BCUT2D eigenvalue weighted by Crippen LogP contribution is 2.24. The number of hydrogen-bond acceptors (Lipinski definition) is 3. The molecule has 1 saturated heterocycles. The normalized spacial score (nSPS) is 19.8. The third kappa shape index (κ3) is 3.69. The van der Waals surface area contributed by atoms with Gasteiger partial charge >= 0.3 is 0 Å². The summed E-state index contributed by atoms with van der Waals surface area (Å²) in [7, 11) is -3.51. The largest absolute Gasteiger partial charge is 0.316 e. The number of sulfonamides is 1. The smallest absolute Gasteiger partial charge is 0.242 e. The fourth-order valence-corrected chi connectivity index (χ4v) is 3.89. The molecule has 19 heavy (non-hydrogen) atoms. The van der Waals surface area contributed by atoms with Gasteiger partial charge in [-0.3, -0.25) is 0 Å². The average molecular weight is 303 g/mol. The van der Waals surface area contributed by atoms with Crippen molar-refractivity contribution in [2.75, 3.05) is 19.6 Å². The Kier molecular flexibility index (Phi) is 4.84. The zero-order valence-corrected chi connectivity index (χ0v) is 12.5. The zero-order chi connectivity index (χ0) is 13.9. The molecule has 2 rings (SSSR count). The van der Waals surface area contributed by atoms with Crippen LogP contribution in [-0.4, -0.2) is 28.1 Å². The Bertz CT molecular complexity index is 540. The molecule has 0 aliphatic carbocycles. The van der Waals surface area contributed by atoms with Crippen molar-refractivity contribution in [2.24, 2.45) is 5.92 Å². The van der Waals surface area contributed by atoms with Gasteiger partial charge in [0.05, 0.1) is 5.02 Å². The lowest BCUT2D eigenvalue weighted by atomic mass is 10.1. The average Bonchev–Trinajstić information content (AvgIpc) is 2.85. The first-order valence-electron chi connectivity index (χ1n) is 6.46. The zero-order valence-electron chi connectivity index (χ0n) is 10.9. The second-order valence-corrected chi connectivity index (χ2v) is 7.05. The van der Waals surface area contributed by atoms with Crippen LogP contribution in [-0.2, 0) is 10.0 Å². The molecule has 1 fully saturated rings. The molecule has 0 bridgehead atoms. The predicted molar refractivity (Wildman–Crippen MR) is 77.0 cm³/mol. The van der Waals surface area contributed by atoms with Gasteiger partial charge in [-0.25, -0.2) is 13.1 Å². The van der Waals surface area contributed by atoms with Crippen LogP contribution in [0.3, 0.4) is 0 Å². The van der Waals surface area contributed by atoms with E-state index in [9.17, 15) is 8.42 Å². The van der Waals surface area contributed by atoms with Crippen LogP contribution in [0.2, 0.25) is 5.02 Å². The van der Waals surface area contributed by atoms with E-state index >= 15 is 0 Å². The maximum atomic E-state index is 12.2. The van der Waals surface area contributed by atoms with E-state index in [1.807, 2.05) is 0 Å². The summed E-state index contributed by atoms with van der Waals surface area (Å²) in [5.41, 5.74) is 0.768. The van der Waals surface area contributed by atoms with Gasteiger partial charge in [-0.1, -0.05) is 23.7 Å². The van der Waals surface area contributed by atoms with Crippen molar-refractivity contribution in [1.29, 1.82) is 0 Å². The van der Waals surface area contributed by atoms with Gasteiger partial charge in [0.25, 0.3) is 0 Å². The van der Waals surface area contributed by atoms with Gasteiger partial charge in [-0.2, -0.15) is 0 Å². The van der Waals surface area contributed by atoms with Gasteiger partial charge in [-0.15, -0.1) is 0 Å². The Labute approximate surface area is 119 Å². The molecule has 106 valence electrons. The Morgan fingerprint density at radius 3 is 2.95 bits per heavy atom. The van der Waals surface area contributed by atoms with Gasteiger partial charge in [0.1, 0.15) is 4.90 Å². The van der Waals surface area contributed by atoms with E-state index in [-0.39, 0.29) is 4.90 Å². The summed E-state index contributed by atoms with van der Waals surface area (Å²) in [5, 5.41) is 3.57. The molecule has 0 saturated carbocycles. The van der Waals surface area contributed by atoms with Crippen LogP contribution < -0.4 is 10.0 Å². The molecule has 0 radical (unpaired) electrons. The van der Waals surface area contributed by atoms with Gasteiger partial charge in [0.15, 0.2) is 0 Å². The first kappa shape index (κ1) is 14.8. The Morgan fingerprint density at radius 1 is 1.47 bits per heavy atom. The highest BCUT2D eigenvalue weighted by atomic mass is 35.5. The number of benzene rings is 1. The number of hydrogen-bond donors (Lipinski definition) is 2. The van der Waals surface area contributed by atoms with Crippen LogP contribution >= 0.6 is 11.6 Å². The summed E-state index contributed by atoms with van der Waals surface area (Å²) in [4.78, 5) is 0.165. The van der Waals surface area contributed by atoms with Crippen LogP contribution in [0.1, 0.15) is 18.4 Å². The summed E-state index contributed by atoms with van der Waals surface area (Å²) >= 11 is 6.05. The van der Waals surface area contributed by atoms with Crippen molar-refractivity contribution < 1.29 is 8.42 Å². The van der Waals surface area contributed by atoms with Crippen LogP contribution in [0.5, 0.6) is 0 Å². The van der Waals surface area contributed by atoms with Crippen LogP contribution in [0.15, 0.2) is 23.1 Å². The molecular weight excluding hydrogens is 284 g/mol. The maximum absolute atomic E-state index is 12.2. The van der Waals surface area contributed by atoms with Crippen molar-refractivity contribution in [2.45, 2.75) is 24.7 Å². The second kappa shape index (κ2) is 6.22. The standard InChI is InChI=1S/C13H19ClN2O2S/c1-10-3-2-4-12(13(10)14)19(17,18)16-8-6-11-5-7-15-9-11/h2-4,11,15-16H,5-9H2,1H3. The lowest BCUT2D eigenvalue weighted by Crippen LogP contribution is -2.27. The monoisotopic (exact) mass is 302 g/mol. The highest BCUT2D eigenvalue weighted by Gasteiger charge is 2.20. The number of halogens is 1. The SMILES string of the molecule is Cc1cccc(S(=O)(=O)NCCC2CCNC2)c1Cl. The molecule has 1 aliphatic rings. The number of rotatable bonds is 5. The van der Waals surface area contributed by atoms with E-state index in [0.717, 1.165) is 31.5 Å². The summed E-state index contributed by atoms with van der Waals surface area (Å²) < 4.78 is 27.0. The number of nitrogens with one attached hydrogen (secondary N) is 2. The van der Waals surface area contributed by atoms with Crippen molar-refractivity contribution in [3.05, 3.63) is 28.8 Å². The minimum absolute atomic E-state index is 0.165. The summed E-state index contributed by atoms with van der Waals surface area (Å²) in [6, 6.07) is 5.04. The maximum Gasteiger partial charge on any atom is 0.242 e. The van der Waals surface area contributed by atoms with Crippen LogP contribution in [0.25, 0.3) is 0 Å². The number of aryl methyl sites for hydroxylation is 1. The topological polar surface area (TPSA) is 58.2 Å². The van der Waals surface area contributed by atoms with E-state index in [2.05, 4.69) is 10.0 Å². The van der Waals surface area contributed by atoms with Gasteiger partial charge in [0, 0.05) is 6.54 Å². The third-order valence-electron chi connectivity index (χ3n) is 3.45. The summed E-state index contributed by atoms with van der Waals surface area (Å²) in [5.74, 6) is 0.565. The van der Waals surface area contributed by atoms with Crippen molar-refractivity contribution >= 4 is 21.6 Å². The quantitative estimate of drug-likeness (QED) is 0.874. The highest BCUT2D eigenvalue weighted by molar-refractivity contribution is 7.89. The molecule has 1 unspecified atom stereocenters. The molecule has 1 aliphatic heterocycles. The Morgan fingerprint density at radius 2 is 2.26 bits per heavy atom. The molecule has 1 aromatic carbocycles. The molecule has 1 heterocycles. The van der Waals surface area contributed by atoms with E-state index in [1.165, 1.54) is 6.07 Å². The molecule has 4 nitrogen and oxygen atoms in total.